The summed E-state index contributed by atoms with van der Waals surface area (Å²) in [5, 5.41) is 6.24. The number of carbonyl (C=O) groups excluding carboxylic acids is 1. The van der Waals surface area contributed by atoms with Crippen LogP contribution in [0, 0.1) is 0 Å². The van der Waals surface area contributed by atoms with Gasteiger partial charge in [-0.25, -0.2) is 9.97 Å². The Hall–Kier alpha value is -1.69. The number of hydrogen-bond acceptors (Lipinski definition) is 5. The van der Waals surface area contributed by atoms with Crippen LogP contribution in [-0.2, 0) is 11.3 Å². The summed E-state index contributed by atoms with van der Waals surface area (Å²) in [6, 6.07) is 0. The normalized spacial score (nSPS) is 16.8. The summed E-state index contributed by atoms with van der Waals surface area (Å²) in [5.41, 5.74) is 1.12. The summed E-state index contributed by atoms with van der Waals surface area (Å²) in [4.78, 5) is 22.2. The zero-order valence-electron chi connectivity index (χ0n) is 12.4. The fraction of sp³-hybridized carbons (Fsp3) is 0.643. The molecule has 20 heavy (non-hydrogen) atoms. The predicted molar refractivity (Wildman–Crippen MR) is 78.5 cm³/mol. The molecule has 1 aliphatic heterocycles. The van der Waals surface area contributed by atoms with Gasteiger partial charge in [0.05, 0.1) is 6.54 Å². The zero-order chi connectivity index (χ0) is 14.6. The number of nitrogens with one attached hydrogen (secondary N) is 2. The Labute approximate surface area is 120 Å². The van der Waals surface area contributed by atoms with Crippen molar-refractivity contribution in [2.75, 3.05) is 24.5 Å². The van der Waals surface area contributed by atoms with Gasteiger partial charge in [-0.2, -0.15) is 0 Å². The van der Waals surface area contributed by atoms with Crippen molar-refractivity contribution in [2.45, 2.75) is 39.3 Å². The molecule has 0 unspecified atom stereocenters. The molecule has 0 aliphatic carbocycles. The summed E-state index contributed by atoms with van der Waals surface area (Å²) in [5.74, 6) is 0.658. The van der Waals surface area contributed by atoms with E-state index in [1.807, 2.05) is 17.3 Å². The van der Waals surface area contributed by atoms with Gasteiger partial charge in [0.2, 0.25) is 11.9 Å². The first kappa shape index (κ1) is 14.7. The van der Waals surface area contributed by atoms with E-state index in [-0.39, 0.29) is 11.4 Å². The number of rotatable bonds is 3. The second-order valence-corrected chi connectivity index (χ2v) is 6.12. The molecule has 1 fully saturated rings. The predicted octanol–water partition coefficient (Wildman–Crippen LogP) is 0.691. The highest BCUT2D eigenvalue weighted by atomic mass is 16.2. The van der Waals surface area contributed by atoms with Gasteiger partial charge in [0.1, 0.15) is 0 Å². The quantitative estimate of drug-likeness (QED) is 0.851. The molecule has 0 aromatic carbocycles. The maximum atomic E-state index is 11.5. The molecule has 2 N–H and O–H groups in total. The third-order valence-corrected chi connectivity index (χ3v) is 3.06. The minimum absolute atomic E-state index is 0.0320. The second kappa shape index (κ2) is 6.17. The Morgan fingerprint density at radius 2 is 2.05 bits per heavy atom. The molecule has 1 aromatic rings. The SMILES string of the molecule is CC(C)(C)NCc1cnc(N2CCCNC(=O)C2)nc1. The largest absolute Gasteiger partial charge is 0.354 e. The lowest BCUT2D eigenvalue weighted by atomic mass is 10.1. The van der Waals surface area contributed by atoms with Crippen molar-refractivity contribution < 1.29 is 4.79 Å². The van der Waals surface area contributed by atoms with Gasteiger partial charge in [0.15, 0.2) is 0 Å². The van der Waals surface area contributed by atoms with Crippen LogP contribution < -0.4 is 15.5 Å². The van der Waals surface area contributed by atoms with E-state index in [9.17, 15) is 4.79 Å². The van der Waals surface area contributed by atoms with Gasteiger partial charge < -0.3 is 15.5 Å². The standard InChI is InChI=1S/C14H23N5O/c1-14(2,3)18-9-11-7-16-13(17-8-11)19-6-4-5-15-12(20)10-19/h7-8,18H,4-6,9-10H2,1-3H3,(H,15,20). The van der Waals surface area contributed by atoms with Crippen molar-refractivity contribution in [2.24, 2.45) is 0 Å². The molecule has 1 amide bonds. The van der Waals surface area contributed by atoms with E-state index in [0.717, 1.165) is 31.6 Å². The van der Waals surface area contributed by atoms with Crippen LogP contribution in [0.1, 0.15) is 32.8 Å². The van der Waals surface area contributed by atoms with Crippen LogP contribution in [0.2, 0.25) is 0 Å². The lowest BCUT2D eigenvalue weighted by Crippen LogP contribution is -2.35. The Morgan fingerprint density at radius 3 is 2.70 bits per heavy atom. The molecule has 6 heteroatoms. The average molecular weight is 277 g/mol. The van der Waals surface area contributed by atoms with Crippen LogP contribution in [0.3, 0.4) is 0 Å². The number of carbonyl (C=O) groups is 1. The van der Waals surface area contributed by atoms with E-state index in [4.69, 9.17) is 0 Å². The summed E-state index contributed by atoms with van der Waals surface area (Å²) in [6.45, 7) is 8.97. The van der Waals surface area contributed by atoms with Crippen LogP contribution in [0.25, 0.3) is 0 Å². The van der Waals surface area contributed by atoms with E-state index in [1.54, 1.807) is 0 Å². The van der Waals surface area contributed by atoms with Crippen molar-refractivity contribution in [3.8, 4) is 0 Å². The van der Waals surface area contributed by atoms with Crippen LogP contribution in [0.4, 0.5) is 5.95 Å². The zero-order valence-corrected chi connectivity index (χ0v) is 12.4. The van der Waals surface area contributed by atoms with Crippen LogP contribution in [0.5, 0.6) is 0 Å². The molecule has 2 rings (SSSR count). The molecule has 6 nitrogen and oxygen atoms in total. The van der Waals surface area contributed by atoms with Crippen molar-refractivity contribution in [3.63, 3.8) is 0 Å². The Balaban J connectivity index is 1.98. The molecule has 0 radical (unpaired) electrons. The van der Waals surface area contributed by atoms with Gasteiger partial charge >= 0.3 is 0 Å². The number of amides is 1. The minimum Gasteiger partial charge on any atom is -0.354 e. The van der Waals surface area contributed by atoms with Crippen molar-refractivity contribution >= 4 is 11.9 Å². The molecule has 1 aromatic heterocycles. The summed E-state index contributed by atoms with van der Waals surface area (Å²) in [6.07, 6.45) is 4.57. The highest BCUT2D eigenvalue weighted by Gasteiger charge is 2.17. The van der Waals surface area contributed by atoms with Crippen LogP contribution in [-0.4, -0.2) is 41.0 Å². The van der Waals surface area contributed by atoms with Gasteiger partial charge in [0.25, 0.3) is 0 Å². The van der Waals surface area contributed by atoms with Crippen LogP contribution >= 0.6 is 0 Å². The van der Waals surface area contributed by atoms with E-state index in [2.05, 4.69) is 41.4 Å². The highest BCUT2D eigenvalue weighted by molar-refractivity contribution is 5.81. The van der Waals surface area contributed by atoms with Gasteiger partial charge in [-0.15, -0.1) is 0 Å². The van der Waals surface area contributed by atoms with E-state index >= 15 is 0 Å². The maximum absolute atomic E-state index is 11.5. The van der Waals surface area contributed by atoms with Gasteiger partial charge in [-0.1, -0.05) is 0 Å². The molecule has 110 valence electrons. The molecular formula is C14H23N5O. The average Bonchev–Trinajstić information content (AvgIpc) is 2.61. The molecular weight excluding hydrogens is 254 g/mol. The lowest BCUT2D eigenvalue weighted by molar-refractivity contribution is -0.119. The molecule has 0 saturated carbocycles. The topological polar surface area (TPSA) is 70.2 Å². The van der Waals surface area contributed by atoms with Gasteiger partial charge in [-0.05, 0) is 27.2 Å². The first-order valence-corrected chi connectivity index (χ1v) is 7.02. The van der Waals surface area contributed by atoms with Gasteiger partial charge in [-0.3, -0.25) is 4.79 Å². The first-order valence-electron chi connectivity index (χ1n) is 7.02. The minimum atomic E-state index is 0.0320. The van der Waals surface area contributed by atoms with Crippen molar-refractivity contribution in [3.05, 3.63) is 18.0 Å². The van der Waals surface area contributed by atoms with E-state index in [0.29, 0.717) is 12.5 Å². The Morgan fingerprint density at radius 1 is 1.35 bits per heavy atom. The molecule has 1 aliphatic rings. The number of aromatic nitrogens is 2. The summed E-state index contributed by atoms with van der Waals surface area (Å²) in [7, 11) is 0. The molecule has 0 bridgehead atoms. The third kappa shape index (κ3) is 4.45. The monoisotopic (exact) mass is 277 g/mol. The summed E-state index contributed by atoms with van der Waals surface area (Å²) < 4.78 is 0. The lowest BCUT2D eigenvalue weighted by Gasteiger charge is -2.21. The maximum Gasteiger partial charge on any atom is 0.239 e. The second-order valence-electron chi connectivity index (χ2n) is 6.12. The van der Waals surface area contributed by atoms with Gasteiger partial charge in [0, 0.05) is 43.1 Å². The van der Waals surface area contributed by atoms with Crippen LogP contribution in [0.15, 0.2) is 12.4 Å². The number of hydrogen-bond donors (Lipinski definition) is 2. The van der Waals surface area contributed by atoms with Crippen molar-refractivity contribution in [1.29, 1.82) is 0 Å². The Bertz CT molecular complexity index is 452. The highest BCUT2D eigenvalue weighted by Crippen LogP contribution is 2.10. The third-order valence-electron chi connectivity index (χ3n) is 3.06. The molecule has 0 spiro atoms. The smallest absolute Gasteiger partial charge is 0.239 e. The summed E-state index contributed by atoms with van der Waals surface area (Å²) >= 11 is 0. The molecule has 0 atom stereocenters. The molecule has 1 saturated heterocycles. The molecule has 2 heterocycles. The Kier molecular flexibility index (Phi) is 4.54. The first-order chi connectivity index (χ1) is 9.44. The number of anilines is 1. The fourth-order valence-electron chi connectivity index (χ4n) is 1.95. The number of nitrogens with zero attached hydrogens (tertiary/aromatic N) is 3. The van der Waals surface area contributed by atoms with E-state index in [1.165, 1.54) is 0 Å². The fourth-order valence-corrected chi connectivity index (χ4v) is 1.95. The van der Waals surface area contributed by atoms with E-state index < -0.39 is 0 Å². The van der Waals surface area contributed by atoms with Crippen molar-refractivity contribution in [1.82, 2.24) is 20.6 Å².